The zero-order valence-corrected chi connectivity index (χ0v) is 30.0. The second-order valence-corrected chi connectivity index (χ2v) is 22.0. The number of rotatable bonds is 7. The van der Waals surface area contributed by atoms with Crippen molar-refractivity contribution in [3.8, 4) is 0 Å². The van der Waals surface area contributed by atoms with Gasteiger partial charge in [-0.05, 0) is 121 Å². The fourth-order valence-electron chi connectivity index (χ4n) is 13.4. The molecule has 6 heteroatoms. The third-order valence-corrected chi connectivity index (χ3v) is 21.1. The van der Waals surface area contributed by atoms with Crippen LogP contribution < -0.4 is 0 Å². The van der Waals surface area contributed by atoms with Crippen LogP contribution in [0.15, 0.2) is 0 Å². The van der Waals surface area contributed by atoms with Crippen LogP contribution in [0, 0.1) is 56.7 Å². The molecular formula is C36H63NO4Si. The Morgan fingerprint density at radius 1 is 0.929 bits per heavy atom. The number of nitrogens with zero attached hydrogens (tertiary/aromatic N) is 1. The van der Waals surface area contributed by atoms with Gasteiger partial charge in [0.25, 0.3) is 5.91 Å². The molecule has 6 aliphatic rings. The molecular weight excluding hydrogens is 538 g/mol. The lowest BCUT2D eigenvalue weighted by Gasteiger charge is -2.64. The van der Waals surface area contributed by atoms with E-state index in [4.69, 9.17) is 14.0 Å². The van der Waals surface area contributed by atoms with E-state index in [9.17, 15) is 4.79 Å². The first-order chi connectivity index (χ1) is 19.7. The molecule has 0 bridgehead atoms. The standard InChI is InChI=1S/C36H63NO4Si/c1-12-42(13-2,14-3)41-30-29-28(23(4)21-25(40-29)31(38)37(10)39-11)33(8)19-20-36-22-35(36)18-17-24(5)32(6,7)26(35)15-16-27(36)34(30,33)9/h23-30H,12-22H2,1-11H3/t23?,24-,25+,26-,27-,28?,29-,30-,33+,34+,35?,36-/m0/s1. The molecule has 1 heterocycles. The lowest BCUT2D eigenvalue weighted by atomic mass is 9.41. The molecule has 0 radical (unpaired) electrons. The van der Waals surface area contributed by atoms with Crippen molar-refractivity contribution in [1.82, 2.24) is 5.06 Å². The largest absolute Gasteiger partial charge is 0.411 e. The van der Waals surface area contributed by atoms with Gasteiger partial charge in [0.2, 0.25) is 0 Å². The molecule has 5 saturated carbocycles. The molecule has 5 nitrogen and oxygen atoms in total. The molecule has 6 fully saturated rings. The number of hydrogen-bond donors (Lipinski definition) is 0. The zero-order chi connectivity index (χ0) is 30.7. The summed E-state index contributed by atoms with van der Waals surface area (Å²) in [4.78, 5) is 18.8. The van der Waals surface area contributed by atoms with Crippen LogP contribution in [0.5, 0.6) is 0 Å². The highest BCUT2D eigenvalue weighted by atomic mass is 28.4. The van der Waals surface area contributed by atoms with Crippen LogP contribution in [0.1, 0.15) is 114 Å². The number of likely N-dealkylation sites (N-methyl/N-ethyl adjacent to an activating group) is 1. The maximum absolute atomic E-state index is 13.5. The minimum Gasteiger partial charge on any atom is -0.411 e. The van der Waals surface area contributed by atoms with Crippen LogP contribution in [-0.2, 0) is 18.8 Å². The Bertz CT molecular complexity index is 1070. The highest BCUT2D eigenvalue weighted by molar-refractivity contribution is 6.73. The third-order valence-electron chi connectivity index (χ3n) is 16.5. The predicted molar refractivity (Wildman–Crippen MR) is 171 cm³/mol. The van der Waals surface area contributed by atoms with Crippen molar-refractivity contribution in [1.29, 1.82) is 0 Å². The maximum atomic E-state index is 13.5. The number of carbonyl (C=O) groups excluding carboxylic acids is 1. The molecule has 12 atom stereocenters. The van der Waals surface area contributed by atoms with Crippen molar-refractivity contribution in [2.24, 2.45) is 56.7 Å². The van der Waals surface area contributed by atoms with Gasteiger partial charge in [0.1, 0.15) is 6.10 Å². The van der Waals surface area contributed by atoms with E-state index in [-0.39, 0.29) is 28.9 Å². The molecule has 2 spiro atoms. The molecule has 5 aliphatic carbocycles. The average Bonchev–Trinajstić information content (AvgIpc) is 3.60. The number of hydroxylamine groups is 2. The van der Waals surface area contributed by atoms with Gasteiger partial charge in [0, 0.05) is 12.5 Å². The summed E-state index contributed by atoms with van der Waals surface area (Å²) in [7, 11) is 1.34. The minimum absolute atomic E-state index is 0.0233. The Kier molecular flexibility index (Phi) is 7.53. The minimum atomic E-state index is -1.95. The van der Waals surface area contributed by atoms with Gasteiger partial charge >= 0.3 is 0 Å². The van der Waals surface area contributed by atoms with Crippen molar-refractivity contribution < 1.29 is 18.8 Å². The highest BCUT2D eigenvalue weighted by Gasteiger charge is 2.84. The van der Waals surface area contributed by atoms with E-state index in [1.165, 1.54) is 50.0 Å². The first kappa shape index (κ1) is 31.5. The Morgan fingerprint density at radius 3 is 2.17 bits per heavy atom. The van der Waals surface area contributed by atoms with Gasteiger partial charge in [-0.25, -0.2) is 5.06 Å². The van der Waals surface area contributed by atoms with E-state index in [0.29, 0.717) is 34.0 Å². The van der Waals surface area contributed by atoms with E-state index in [1.807, 2.05) is 0 Å². The van der Waals surface area contributed by atoms with E-state index in [2.05, 4.69) is 62.3 Å². The lowest BCUT2D eigenvalue weighted by molar-refractivity contribution is -0.199. The van der Waals surface area contributed by atoms with Crippen LogP contribution in [0.3, 0.4) is 0 Å². The predicted octanol–water partition coefficient (Wildman–Crippen LogP) is 8.49. The van der Waals surface area contributed by atoms with Crippen LogP contribution in [0.25, 0.3) is 0 Å². The fourth-order valence-corrected chi connectivity index (χ4v) is 16.3. The summed E-state index contributed by atoms with van der Waals surface area (Å²) in [6, 6.07) is 3.46. The summed E-state index contributed by atoms with van der Waals surface area (Å²) in [5, 5.41) is 1.37. The third kappa shape index (κ3) is 3.73. The molecule has 1 aliphatic heterocycles. The molecule has 1 amide bonds. The van der Waals surface area contributed by atoms with Gasteiger partial charge in [-0.3, -0.25) is 9.63 Å². The van der Waals surface area contributed by atoms with Crippen molar-refractivity contribution in [3.05, 3.63) is 0 Å². The molecule has 0 aromatic rings. The summed E-state index contributed by atoms with van der Waals surface area (Å²) in [6.45, 7) is 22.6. The summed E-state index contributed by atoms with van der Waals surface area (Å²) in [5.41, 5.74) is 1.65. The summed E-state index contributed by atoms with van der Waals surface area (Å²) in [6.07, 6.45) is 10.0. The van der Waals surface area contributed by atoms with Crippen LogP contribution in [0.2, 0.25) is 18.1 Å². The first-order valence-electron chi connectivity index (χ1n) is 17.8. The van der Waals surface area contributed by atoms with Crippen LogP contribution in [0.4, 0.5) is 0 Å². The van der Waals surface area contributed by atoms with Crippen molar-refractivity contribution in [2.75, 3.05) is 14.2 Å². The van der Waals surface area contributed by atoms with Crippen molar-refractivity contribution in [3.63, 3.8) is 0 Å². The van der Waals surface area contributed by atoms with E-state index >= 15 is 0 Å². The molecule has 42 heavy (non-hydrogen) atoms. The van der Waals surface area contributed by atoms with Gasteiger partial charge < -0.3 is 9.16 Å². The monoisotopic (exact) mass is 601 g/mol. The Hall–Kier alpha value is -0.433. The van der Waals surface area contributed by atoms with Crippen LogP contribution >= 0.6 is 0 Å². The summed E-state index contributed by atoms with van der Waals surface area (Å²) >= 11 is 0. The van der Waals surface area contributed by atoms with Crippen LogP contribution in [-0.4, -0.2) is 51.8 Å². The molecule has 0 aromatic carbocycles. The van der Waals surface area contributed by atoms with Gasteiger partial charge in [-0.1, -0.05) is 62.3 Å². The zero-order valence-electron chi connectivity index (χ0n) is 29.0. The number of fused-ring (bicyclic) bond motifs is 4. The second-order valence-electron chi connectivity index (χ2n) is 17.3. The highest BCUT2D eigenvalue weighted by Crippen LogP contribution is 2.89. The number of amides is 1. The molecule has 3 unspecified atom stereocenters. The van der Waals surface area contributed by atoms with Crippen molar-refractivity contribution in [2.45, 2.75) is 150 Å². The topological polar surface area (TPSA) is 48.0 Å². The maximum Gasteiger partial charge on any atom is 0.274 e. The second kappa shape index (κ2) is 10.0. The normalized spacial score (nSPS) is 50.5. The molecule has 1 saturated heterocycles. The van der Waals surface area contributed by atoms with Gasteiger partial charge in [0.05, 0.1) is 19.3 Å². The number of hydrogen-bond acceptors (Lipinski definition) is 4. The fraction of sp³-hybridized carbons (Fsp3) is 0.972. The van der Waals surface area contributed by atoms with E-state index in [1.54, 1.807) is 14.2 Å². The van der Waals surface area contributed by atoms with Gasteiger partial charge in [-0.2, -0.15) is 0 Å². The average molecular weight is 602 g/mol. The Morgan fingerprint density at radius 2 is 1.55 bits per heavy atom. The smallest absolute Gasteiger partial charge is 0.274 e. The molecule has 0 N–H and O–H groups in total. The Balaban J connectivity index is 1.45. The van der Waals surface area contributed by atoms with Crippen molar-refractivity contribution >= 4 is 14.2 Å². The van der Waals surface area contributed by atoms with E-state index in [0.717, 1.165) is 36.4 Å². The Labute approximate surface area is 258 Å². The SMILES string of the molecule is CC[Si](CC)(CC)O[C@H]1[C@H]2O[C@@H](C(=O)N(C)OC)CC(C)C2[C@@]2(C)CC[C@@]34CC35CC[C@H](C)C(C)(C)[C@@H]5CC[C@H]4[C@]12C. The molecule has 0 aromatic heterocycles. The number of ether oxygens (including phenoxy) is 1. The molecule has 240 valence electrons. The van der Waals surface area contributed by atoms with E-state index < -0.39 is 14.4 Å². The lowest BCUT2D eigenvalue weighted by Crippen LogP contribution is -2.60. The number of carbonyl (C=O) groups is 1. The first-order valence-corrected chi connectivity index (χ1v) is 20.4. The molecule has 6 rings (SSSR count). The van der Waals surface area contributed by atoms with Gasteiger partial charge in [-0.15, -0.1) is 0 Å². The summed E-state index contributed by atoms with van der Waals surface area (Å²) in [5.74, 6) is 3.15. The summed E-state index contributed by atoms with van der Waals surface area (Å²) < 4.78 is 14.9. The quantitative estimate of drug-likeness (QED) is 0.217. The van der Waals surface area contributed by atoms with Gasteiger partial charge in [0.15, 0.2) is 8.32 Å².